The van der Waals surface area contributed by atoms with Gasteiger partial charge in [-0.05, 0) is 19.1 Å². The third-order valence-corrected chi connectivity index (χ3v) is 2.23. The average Bonchev–Trinajstić information content (AvgIpc) is 2.75. The quantitative estimate of drug-likeness (QED) is 0.715. The van der Waals surface area contributed by atoms with E-state index >= 15 is 0 Å². The largest absolute Gasteiger partial charge is 0.469 e. The van der Waals surface area contributed by atoms with Crippen LogP contribution in [0.5, 0.6) is 0 Å². The molecule has 0 N–H and O–H groups in total. The molecule has 0 aliphatic carbocycles. The van der Waals surface area contributed by atoms with Gasteiger partial charge in [0, 0.05) is 13.2 Å². The highest BCUT2D eigenvalue weighted by Gasteiger charge is 2.13. The summed E-state index contributed by atoms with van der Waals surface area (Å²) >= 11 is 0. The number of carbonyl (C=O) groups is 1. The van der Waals surface area contributed by atoms with Crippen LogP contribution in [0.2, 0.25) is 0 Å². The van der Waals surface area contributed by atoms with E-state index in [1.165, 1.54) is 0 Å². The molecule has 0 amide bonds. The van der Waals surface area contributed by atoms with Crippen molar-refractivity contribution in [3.8, 4) is 0 Å². The number of Topliss-reactive ketones (excluding diaryl/α,β-unsaturated/α-hetero) is 1. The molecule has 4 nitrogen and oxygen atoms in total. The zero-order valence-corrected chi connectivity index (χ0v) is 8.73. The van der Waals surface area contributed by atoms with E-state index in [-0.39, 0.29) is 5.78 Å². The molecule has 0 aliphatic heterocycles. The molecule has 0 aliphatic rings. The Morgan fingerprint density at radius 2 is 2.40 bits per heavy atom. The van der Waals surface area contributed by atoms with E-state index in [1.807, 2.05) is 6.92 Å². The molecule has 0 saturated carbocycles. The lowest BCUT2D eigenvalue weighted by atomic mass is 10.1. The van der Waals surface area contributed by atoms with Gasteiger partial charge in [-0.25, -0.2) is 0 Å². The second-order valence-electron chi connectivity index (χ2n) is 3.48. The predicted octanol–water partition coefficient (Wildman–Crippen LogP) is 1.75. The fourth-order valence-electron chi connectivity index (χ4n) is 1.54. The van der Waals surface area contributed by atoms with Crippen molar-refractivity contribution in [3.05, 3.63) is 41.6 Å². The smallest absolute Gasteiger partial charge is 0.173 e. The Bertz CT molecular complexity index is 469. The minimum atomic E-state index is 0.0375. The molecule has 2 heterocycles. The molecule has 0 spiro atoms. The van der Waals surface area contributed by atoms with Gasteiger partial charge in [-0.3, -0.25) is 9.48 Å². The minimum Gasteiger partial charge on any atom is -0.469 e. The molecular formula is C11H12N2O2. The van der Waals surface area contributed by atoms with Crippen LogP contribution in [0.15, 0.2) is 29.0 Å². The minimum absolute atomic E-state index is 0.0375. The predicted molar refractivity (Wildman–Crippen MR) is 54.7 cm³/mol. The topological polar surface area (TPSA) is 48.0 Å². The summed E-state index contributed by atoms with van der Waals surface area (Å²) in [4.78, 5) is 11.8. The fraction of sp³-hybridized carbons (Fsp3) is 0.273. The molecule has 15 heavy (non-hydrogen) atoms. The van der Waals surface area contributed by atoms with Crippen molar-refractivity contribution in [3.63, 3.8) is 0 Å². The summed E-state index contributed by atoms with van der Waals surface area (Å²) in [6, 6.07) is 3.57. The standard InChI is InChI=1S/C11H12N2O2/c1-8-10(7-13(2)12-8)11(14)6-9-4-3-5-15-9/h3-5,7H,6H2,1-2H3. The summed E-state index contributed by atoms with van der Waals surface area (Å²) in [5.74, 6) is 0.721. The maximum absolute atomic E-state index is 11.8. The summed E-state index contributed by atoms with van der Waals surface area (Å²) < 4.78 is 6.77. The van der Waals surface area contributed by atoms with Crippen molar-refractivity contribution >= 4 is 5.78 Å². The zero-order chi connectivity index (χ0) is 10.8. The van der Waals surface area contributed by atoms with Gasteiger partial charge in [0.05, 0.1) is 23.9 Å². The van der Waals surface area contributed by atoms with Crippen molar-refractivity contribution < 1.29 is 9.21 Å². The molecule has 0 aromatic carbocycles. The average molecular weight is 204 g/mol. The second kappa shape index (κ2) is 3.73. The summed E-state index contributed by atoms with van der Waals surface area (Å²) in [6.45, 7) is 1.83. The van der Waals surface area contributed by atoms with Gasteiger partial charge in [0.2, 0.25) is 0 Å². The Morgan fingerprint density at radius 1 is 1.60 bits per heavy atom. The van der Waals surface area contributed by atoms with Gasteiger partial charge in [0.15, 0.2) is 5.78 Å². The van der Waals surface area contributed by atoms with Gasteiger partial charge in [-0.15, -0.1) is 0 Å². The molecule has 4 heteroatoms. The van der Waals surface area contributed by atoms with Crippen LogP contribution in [0.3, 0.4) is 0 Å². The number of hydrogen-bond acceptors (Lipinski definition) is 3. The lowest BCUT2D eigenvalue weighted by molar-refractivity contribution is 0.0986. The van der Waals surface area contributed by atoms with E-state index in [0.29, 0.717) is 17.7 Å². The number of aryl methyl sites for hydroxylation is 2. The van der Waals surface area contributed by atoms with Crippen LogP contribution in [-0.2, 0) is 13.5 Å². The molecule has 0 fully saturated rings. The van der Waals surface area contributed by atoms with Crippen LogP contribution < -0.4 is 0 Å². The second-order valence-corrected chi connectivity index (χ2v) is 3.48. The van der Waals surface area contributed by atoms with E-state index in [1.54, 1.807) is 36.3 Å². The number of furan rings is 1. The first-order chi connectivity index (χ1) is 7.16. The first-order valence-electron chi connectivity index (χ1n) is 4.72. The van der Waals surface area contributed by atoms with Crippen LogP contribution in [0, 0.1) is 6.92 Å². The number of hydrogen-bond donors (Lipinski definition) is 0. The van der Waals surface area contributed by atoms with Gasteiger partial charge < -0.3 is 4.42 Å². The molecule has 0 bridgehead atoms. The number of aromatic nitrogens is 2. The third-order valence-electron chi connectivity index (χ3n) is 2.23. The zero-order valence-electron chi connectivity index (χ0n) is 8.73. The summed E-state index contributed by atoms with van der Waals surface area (Å²) in [5, 5.41) is 4.13. The van der Waals surface area contributed by atoms with Gasteiger partial charge >= 0.3 is 0 Å². The van der Waals surface area contributed by atoms with Crippen molar-refractivity contribution in [2.24, 2.45) is 7.05 Å². The van der Waals surface area contributed by atoms with E-state index in [0.717, 1.165) is 5.69 Å². The highest BCUT2D eigenvalue weighted by molar-refractivity contribution is 5.97. The van der Waals surface area contributed by atoms with E-state index in [2.05, 4.69) is 5.10 Å². The first-order valence-corrected chi connectivity index (χ1v) is 4.72. The van der Waals surface area contributed by atoms with Gasteiger partial charge in [0.25, 0.3) is 0 Å². The maximum Gasteiger partial charge on any atom is 0.173 e. The molecule has 0 saturated heterocycles. The number of nitrogens with zero attached hydrogens (tertiary/aromatic N) is 2. The number of ketones is 1. The third kappa shape index (κ3) is 1.98. The molecule has 2 rings (SSSR count). The maximum atomic E-state index is 11.8. The van der Waals surface area contributed by atoms with Crippen LogP contribution in [0.4, 0.5) is 0 Å². The first kappa shape index (κ1) is 9.71. The van der Waals surface area contributed by atoms with E-state index in [4.69, 9.17) is 4.42 Å². The van der Waals surface area contributed by atoms with Crippen molar-refractivity contribution in [1.29, 1.82) is 0 Å². The molecule has 2 aromatic rings. The van der Waals surface area contributed by atoms with Crippen molar-refractivity contribution in [2.75, 3.05) is 0 Å². The van der Waals surface area contributed by atoms with Crippen LogP contribution in [0.25, 0.3) is 0 Å². The molecule has 78 valence electrons. The summed E-state index contributed by atoms with van der Waals surface area (Å²) in [5.41, 5.74) is 1.42. The Balaban J connectivity index is 2.18. The molecule has 0 radical (unpaired) electrons. The fourth-order valence-corrected chi connectivity index (χ4v) is 1.54. The van der Waals surface area contributed by atoms with Crippen molar-refractivity contribution in [1.82, 2.24) is 9.78 Å². The lowest BCUT2D eigenvalue weighted by Crippen LogP contribution is -2.03. The molecule has 0 unspecified atom stereocenters. The Labute approximate surface area is 87.5 Å². The monoisotopic (exact) mass is 204 g/mol. The van der Waals surface area contributed by atoms with Crippen LogP contribution >= 0.6 is 0 Å². The SMILES string of the molecule is Cc1nn(C)cc1C(=O)Cc1ccco1. The van der Waals surface area contributed by atoms with Gasteiger partial charge in [-0.2, -0.15) is 5.10 Å². The summed E-state index contributed by atoms with van der Waals surface area (Å²) in [7, 11) is 1.80. The Morgan fingerprint density at radius 3 is 2.93 bits per heavy atom. The van der Waals surface area contributed by atoms with Gasteiger partial charge in [-0.1, -0.05) is 0 Å². The molecular weight excluding hydrogens is 192 g/mol. The number of rotatable bonds is 3. The molecule has 0 atom stereocenters. The Hall–Kier alpha value is -1.84. The van der Waals surface area contributed by atoms with E-state index in [9.17, 15) is 4.79 Å². The van der Waals surface area contributed by atoms with Crippen molar-refractivity contribution in [2.45, 2.75) is 13.3 Å². The highest BCUT2D eigenvalue weighted by Crippen LogP contribution is 2.10. The number of carbonyl (C=O) groups excluding carboxylic acids is 1. The van der Waals surface area contributed by atoms with Crippen LogP contribution in [0.1, 0.15) is 21.8 Å². The van der Waals surface area contributed by atoms with Crippen LogP contribution in [-0.4, -0.2) is 15.6 Å². The van der Waals surface area contributed by atoms with Gasteiger partial charge in [0.1, 0.15) is 5.76 Å². The Kier molecular flexibility index (Phi) is 2.41. The lowest BCUT2D eigenvalue weighted by Gasteiger charge is -1.95. The summed E-state index contributed by atoms with van der Waals surface area (Å²) in [6.07, 6.45) is 3.60. The normalized spacial score (nSPS) is 10.5. The van der Waals surface area contributed by atoms with E-state index < -0.39 is 0 Å². The molecule has 2 aromatic heterocycles. The highest BCUT2D eigenvalue weighted by atomic mass is 16.3.